The van der Waals surface area contributed by atoms with Gasteiger partial charge in [0.2, 0.25) is 5.91 Å². The molecule has 2 aromatic carbocycles. The third kappa shape index (κ3) is 5.53. The van der Waals surface area contributed by atoms with Gasteiger partial charge in [-0.25, -0.2) is 5.43 Å². The largest absolute Gasteiger partial charge is 0.497 e. The summed E-state index contributed by atoms with van der Waals surface area (Å²) in [7, 11) is 3.08. The van der Waals surface area contributed by atoms with Gasteiger partial charge in [0.1, 0.15) is 11.8 Å². The van der Waals surface area contributed by atoms with Crippen molar-refractivity contribution in [3.05, 3.63) is 53.6 Å². The van der Waals surface area contributed by atoms with Crippen LogP contribution in [0.25, 0.3) is 0 Å². The highest BCUT2D eigenvalue weighted by atomic mass is 16.5. The van der Waals surface area contributed by atoms with Crippen LogP contribution in [-0.2, 0) is 11.2 Å². The first-order valence-corrected chi connectivity index (χ1v) is 7.79. The van der Waals surface area contributed by atoms with Crippen LogP contribution in [0.15, 0.2) is 47.6 Å². The first kappa shape index (κ1) is 18.8. The van der Waals surface area contributed by atoms with E-state index in [0.29, 0.717) is 22.8 Å². The van der Waals surface area contributed by atoms with Crippen LogP contribution in [0.3, 0.4) is 0 Å². The van der Waals surface area contributed by atoms with Gasteiger partial charge in [0.15, 0.2) is 18.1 Å². The molecule has 0 atom stereocenters. The molecule has 0 bridgehead atoms. The Morgan fingerprint density at radius 2 is 2.04 bits per heavy atom. The predicted octanol–water partition coefficient (Wildman–Crippen LogP) is 2.30. The van der Waals surface area contributed by atoms with Gasteiger partial charge in [-0.3, -0.25) is 4.79 Å². The minimum atomic E-state index is -0.240. The summed E-state index contributed by atoms with van der Waals surface area (Å²) in [5.74, 6) is 1.40. The first-order chi connectivity index (χ1) is 12.7. The van der Waals surface area contributed by atoms with Crippen LogP contribution in [0.5, 0.6) is 17.2 Å². The smallest absolute Gasteiger partial charge is 0.244 e. The summed E-state index contributed by atoms with van der Waals surface area (Å²) in [6, 6.07) is 14.3. The third-order valence-corrected chi connectivity index (χ3v) is 3.38. The van der Waals surface area contributed by atoms with Crippen molar-refractivity contribution in [1.29, 1.82) is 5.26 Å². The van der Waals surface area contributed by atoms with Crippen molar-refractivity contribution in [3.8, 4) is 23.3 Å². The van der Waals surface area contributed by atoms with E-state index in [9.17, 15) is 4.79 Å². The predicted molar refractivity (Wildman–Crippen MR) is 96.5 cm³/mol. The van der Waals surface area contributed by atoms with E-state index < -0.39 is 0 Å². The maximum Gasteiger partial charge on any atom is 0.244 e. The van der Waals surface area contributed by atoms with Crippen LogP contribution in [0.4, 0.5) is 0 Å². The molecule has 1 amide bonds. The van der Waals surface area contributed by atoms with Crippen molar-refractivity contribution in [2.75, 3.05) is 20.8 Å². The highest BCUT2D eigenvalue weighted by Crippen LogP contribution is 2.27. The fourth-order valence-electron chi connectivity index (χ4n) is 2.18. The van der Waals surface area contributed by atoms with Gasteiger partial charge >= 0.3 is 0 Å². The van der Waals surface area contributed by atoms with Crippen LogP contribution < -0.4 is 19.6 Å². The summed E-state index contributed by atoms with van der Waals surface area (Å²) < 4.78 is 15.6. The lowest BCUT2D eigenvalue weighted by molar-refractivity contribution is -0.120. The minimum Gasteiger partial charge on any atom is -0.497 e. The third-order valence-electron chi connectivity index (χ3n) is 3.38. The molecule has 0 saturated carbocycles. The fraction of sp³-hybridized carbons (Fsp3) is 0.211. The van der Waals surface area contributed by atoms with E-state index in [1.165, 1.54) is 13.3 Å². The number of nitrogens with one attached hydrogen (secondary N) is 1. The Morgan fingerprint density at radius 1 is 1.19 bits per heavy atom. The number of carbonyl (C=O) groups excluding carboxylic acids is 1. The lowest BCUT2D eigenvalue weighted by Crippen LogP contribution is -2.19. The molecule has 7 heteroatoms. The highest BCUT2D eigenvalue weighted by molar-refractivity contribution is 5.84. The molecule has 2 rings (SSSR count). The number of hydrazone groups is 1. The van der Waals surface area contributed by atoms with Gasteiger partial charge in [-0.15, -0.1) is 0 Å². The van der Waals surface area contributed by atoms with Gasteiger partial charge in [0.05, 0.1) is 26.9 Å². The number of benzene rings is 2. The second-order valence-corrected chi connectivity index (χ2v) is 5.18. The van der Waals surface area contributed by atoms with E-state index in [0.717, 1.165) is 5.56 Å². The number of rotatable bonds is 8. The number of nitriles is 1. The SMILES string of the molecule is COc1cccc(CC(=O)N/N=C/c2ccc(OCC#N)c(OC)c2)c1. The molecule has 0 aliphatic rings. The molecular weight excluding hydrogens is 334 g/mol. The van der Waals surface area contributed by atoms with Gasteiger partial charge in [0.25, 0.3) is 0 Å². The molecule has 134 valence electrons. The average molecular weight is 353 g/mol. The maximum absolute atomic E-state index is 12.0. The van der Waals surface area contributed by atoms with E-state index in [1.807, 2.05) is 24.3 Å². The molecule has 26 heavy (non-hydrogen) atoms. The van der Waals surface area contributed by atoms with Gasteiger partial charge in [-0.05, 0) is 41.5 Å². The van der Waals surface area contributed by atoms with E-state index in [2.05, 4.69) is 10.5 Å². The summed E-state index contributed by atoms with van der Waals surface area (Å²) in [5.41, 5.74) is 4.02. The van der Waals surface area contributed by atoms with Crippen molar-refractivity contribution in [3.63, 3.8) is 0 Å². The first-order valence-electron chi connectivity index (χ1n) is 7.79. The Bertz CT molecular complexity index is 828. The molecule has 7 nitrogen and oxygen atoms in total. The number of amides is 1. The van der Waals surface area contributed by atoms with Crippen molar-refractivity contribution in [2.24, 2.45) is 5.10 Å². The normalized spacial score (nSPS) is 10.2. The molecule has 0 aliphatic carbocycles. The molecule has 1 N–H and O–H groups in total. The second-order valence-electron chi connectivity index (χ2n) is 5.18. The summed E-state index contributed by atoms with van der Waals surface area (Å²) in [4.78, 5) is 12.0. The molecule has 0 unspecified atom stereocenters. The van der Waals surface area contributed by atoms with Crippen LogP contribution in [0, 0.1) is 11.3 Å². The molecule has 0 saturated heterocycles. The van der Waals surface area contributed by atoms with Crippen molar-refractivity contribution in [2.45, 2.75) is 6.42 Å². The fourth-order valence-corrected chi connectivity index (χ4v) is 2.18. The number of nitrogens with zero attached hydrogens (tertiary/aromatic N) is 2. The Kier molecular flexibility index (Phi) is 7.01. The average Bonchev–Trinajstić information content (AvgIpc) is 2.66. The minimum absolute atomic E-state index is 0.0654. The van der Waals surface area contributed by atoms with Gasteiger partial charge < -0.3 is 14.2 Å². The number of hydrogen-bond acceptors (Lipinski definition) is 6. The van der Waals surface area contributed by atoms with Gasteiger partial charge in [0, 0.05) is 0 Å². The number of methoxy groups -OCH3 is 2. The summed E-state index contributed by atoms with van der Waals surface area (Å²) in [5, 5.41) is 12.5. The Morgan fingerprint density at radius 3 is 2.77 bits per heavy atom. The number of carbonyl (C=O) groups is 1. The zero-order valence-electron chi connectivity index (χ0n) is 14.6. The molecule has 0 heterocycles. The van der Waals surface area contributed by atoms with E-state index >= 15 is 0 Å². The number of hydrogen-bond donors (Lipinski definition) is 1. The van der Waals surface area contributed by atoms with Gasteiger partial charge in [-0.1, -0.05) is 12.1 Å². The van der Waals surface area contributed by atoms with Crippen LogP contribution in [-0.4, -0.2) is 32.9 Å². The van der Waals surface area contributed by atoms with Crippen molar-refractivity contribution in [1.82, 2.24) is 5.43 Å². The molecule has 0 fully saturated rings. The lowest BCUT2D eigenvalue weighted by Gasteiger charge is -2.08. The summed E-state index contributed by atoms with van der Waals surface area (Å²) >= 11 is 0. The van der Waals surface area contributed by atoms with Crippen LogP contribution in [0.2, 0.25) is 0 Å². The van der Waals surface area contributed by atoms with E-state index in [1.54, 1.807) is 31.4 Å². The number of ether oxygens (including phenoxy) is 3. The summed E-state index contributed by atoms with van der Waals surface area (Å²) in [6.45, 7) is -0.0654. The van der Waals surface area contributed by atoms with Crippen LogP contribution >= 0.6 is 0 Å². The maximum atomic E-state index is 12.0. The molecule has 0 aromatic heterocycles. The standard InChI is InChI=1S/C19H19N3O4/c1-24-16-5-3-4-14(10-16)12-19(23)22-21-13-15-6-7-17(26-9-8-20)18(11-15)25-2/h3-7,10-11,13H,9,12H2,1-2H3,(H,22,23)/b21-13+. The van der Waals surface area contributed by atoms with Crippen LogP contribution in [0.1, 0.15) is 11.1 Å². The van der Waals surface area contributed by atoms with E-state index in [4.69, 9.17) is 19.5 Å². The Labute approximate surface area is 151 Å². The monoisotopic (exact) mass is 353 g/mol. The summed E-state index contributed by atoms with van der Waals surface area (Å²) in [6.07, 6.45) is 1.69. The zero-order chi connectivity index (χ0) is 18.8. The van der Waals surface area contributed by atoms with Crippen molar-refractivity contribution < 1.29 is 19.0 Å². The molecule has 0 spiro atoms. The zero-order valence-corrected chi connectivity index (χ0v) is 14.6. The van der Waals surface area contributed by atoms with E-state index in [-0.39, 0.29) is 18.9 Å². The quantitative estimate of drug-likeness (QED) is 0.581. The molecular formula is C19H19N3O4. The molecule has 2 aromatic rings. The Balaban J connectivity index is 1.94. The highest BCUT2D eigenvalue weighted by Gasteiger charge is 2.06. The van der Waals surface area contributed by atoms with Crippen molar-refractivity contribution >= 4 is 12.1 Å². The Hall–Kier alpha value is -3.53. The topological polar surface area (TPSA) is 92.9 Å². The van der Waals surface area contributed by atoms with Gasteiger partial charge in [-0.2, -0.15) is 10.4 Å². The lowest BCUT2D eigenvalue weighted by atomic mass is 10.1. The molecule has 0 aliphatic heterocycles. The molecule has 0 radical (unpaired) electrons. The second kappa shape index (κ2) is 9.69.